The molecule has 3 unspecified atom stereocenters. The Morgan fingerprint density at radius 1 is 1.05 bits per heavy atom. The van der Waals surface area contributed by atoms with Crippen molar-refractivity contribution >= 4 is 0 Å². The molecule has 0 amide bonds. The molecule has 110 valence electrons. The van der Waals surface area contributed by atoms with Crippen molar-refractivity contribution in [3.05, 3.63) is 0 Å². The molecule has 1 spiro atoms. The topological polar surface area (TPSA) is 30.5 Å². The second kappa shape index (κ2) is 5.34. The summed E-state index contributed by atoms with van der Waals surface area (Å²) in [6.45, 7) is 7.43. The molecule has 3 heteroatoms. The zero-order chi connectivity index (χ0) is 13.3. The van der Waals surface area contributed by atoms with Gasteiger partial charge in [0.15, 0.2) is 0 Å². The highest BCUT2D eigenvalue weighted by Crippen LogP contribution is 2.38. The molecule has 3 rings (SSSR count). The summed E-state index contributed by atoms with van der Waals surface area (Å²) in [6, 6.07) is 1.31. The van der Waals surface area contributed by atoms with Crippen LogP contribution in [0.2, 0.25) is 0 Å². The van der Waals surface area contributed by atoms with Crippen molar-refractivity contribution in [3.63, 3.8) is 0 Å². The fourth-order valence-corrected chi connectivity index (χ4v) is 4.12. The van der Waals surface area contributed by atoms with Crippen molar-refractivity contribution in [2.75, 3.05) is 19.8 Å². The number of rotatable bonds is 2. The fraction of sp³-hybridized carbons (Fsp3) is 1.00. The van der Waals surface area contributed by atoms with Gasteiger partial charge in [0.05, 0.1) is 12.2 Å². The van der Waals surface area contributed by atoms with Gasteiger partial charge in [-0.3, -0.25) is 0 Å². The lowest BCUT2D eigenvalue weighted by Gasteiger charge is -2.44. The Labute approximate surface area is 117 Å². The maximum absolute atomic E-state index is 6.03. The highest BCUT2D eigenvalue weighted by Gasteiger charge is 2.42. The minimum absolute atomic E-state index is 0.0364. The van der Waals surface area contributed by atoms with Crippen LogP contribution >= 0.6 is 0 Å². The quantitative estimate of drug-likeness (QED) is 0.834. The Bertz CT molecular complexity index is 310. The molecule has 1 aliphatic carbocycles. The molecule has 0 aromatic rings. The zero-order valence-electron chi connectivity index (χ0n) is 12.5. The van der Waals surface area contributed by atoms with E-state index in [2.05, 4.69) is 19.2 Å². The monoisotopic (exact) mass is 267 g/mol. The van der Waals surface area contributed by atoms with E-state index in [1.54, 1.807) is 0 Å². The highest BCUT2D eigenvalue weighted by atomic mass is 16.6. The van der Waals surface area contributed by atoms with Gasteiger partial charge in [-0.2, -0.15) is 0 Å². The van der Waals surface area contributed by atoms with E-state index in [1.165, 1.54) is 25.7 Å². The molecule has 2 heterocycles. The predicted octanol–water partition coefficient (Wildman–Crippen LogP) is 2.88. The van der Waals surface area contributed by atoms with Gasteiger partial charge >= 0.3 is 0 Å². The van der Waals surface area contributed by atoms with Gasteiger partial charge in [0.2, 0.25) is 0 Å². The Morgan fingerprint density at radius 2 is 1.95 bits per heavy atom. The van der Waals surface area contributed by atoms with Gasteiger partial charge < -0.3 is 14.8 Å². The van der Waals surface area contributed by atoms with Gasteiger partial charge in [-0.1, -0.05) is 26.7 Å². The first kappa shape index (κ1) is 13.8. The smallest absolute Gasteiger partial charge is 0.0951 e. The average molecular weight is 267 g/mol. The summed E-state index contributed by atoms with van der Waals surface area (Å²) >= 11 is 0. The third-order valence-corrected chi connectivity index (χ3v) is 5.50. The van der Waals surface area contributed by atoms with E-state index in [4.69, 9.17) is 9.47 Å². The summed E-state index contributed by atoms with van der Waals surface area (Å²) in [4.78, 5) is 0. The Hall–Kier alpha value is -0.120. The molecule has 1 saturated carbocycles. The van der Waals surface area contributed by atoms with E-state index in [9.17, 15) is 0 Å². The molecule has 3 fully saturated rings. The first-order chi connectivity index (χ1) is 9.10. The Kier molecular flexibility index (Phi) is 3.89. The Balaban J connectivity index is 1.59. The summed E-state index contributed by atoms with van der Waals surface area (Å²) < 4.78 is 11.6. The number of hydrogen-bond acceptors (Lipinski definition) is 3. The van der Waals surface area contributed by atoms with Crippen LogP contribution in [-0.4, -0.2) is 37.5 Å². The molecule has 1 N–H and O–H groups in total. The van der Waals surface area contributed by atoms with Crippen LogP contribution < -0.4 is 5.32 Å². The van der Waals surface area contributed by atoms with Gasteiger partial charge in [-0.15, -0.1) is 0 Å². The van der Waals surface area contributed by atoms with Crippen molar-refractivity contribution in [1.29, 1.82) is 0 Å². The van der Waals surface area contributed by atoms with Crippen molar-refractivity contribution in [3.8, 4) is 0 Å². The van der Waals surface area contributed by atoms with Gasteiger partial charge in [0, 0.05) is 31.7 Å². The van der Waals surface area contributed by atoms with Crippen molar-refractivity contribution < 1.29 is 9.47 Å². The van der Waals surface area contributed by atoms with E-state index >= 15 is 0 Å². The van der Waals surface area contributed by atoms with Crippen molar-refractivity contribution in [2.24, 2.45) is 5.41 Å². The van der Waals surface area contributed by atoms with E-state index in [0.717, 1.165) is 39.1 Å². The van der Waals surface area contributed by atoms with E-state index in [-0.39, 0.29) is 5.60 Å². The van der Waals surface area contributed by atoms with Crippen LogP contribution in [0.25, 0.3) is 0 Å². The maximum atomic E-state index is 6.03. The normalized spacial score (nSPS) is 42.6. The van der Waals surface area contributed by atoms with Crippen LogP contribution in [0.15, 0.2) is 0 Å². The second-order valence-corrected chi connectivity index (χ2v) is 7.48. The lowest BCUT2D eigenvalue weighted by atomic mass is 9.72. The number of hydrogen-bond donors (Lipinski definition) is 1. The lowest BCUT2D eigenvalue weighted by molar-refractivity contribution is -0.0923. The standard InChI is InChI=1S/C16H29NO2/c1-15(2)7-4-3-5-14(15)17-13-6-9-19-16(11-13)8-10-18-12-16/h13-14,17H,3-12H2,1-2H3. The van der Waals surface area contributed by atoms with E-state index in [1.807, 2.05) is 0 Å². The van der Waals surface area contributed by atoms with E-state index < -0.39 is 0 Å². The highest BCUT2D eigenvalue weighted by molar-refractivity contribution is 4.96. The Morgan fingerprint density at radius 3 is 2.68 bits per heavy atom. The first-order valence-electron chi connectivity index (χ1n) is 8.08. The molecule has 2 aliphatic heterocycles. The largest absolute Gasteiger partial charge is 0.378 e. The fourth-order valence-electron chi connectivity index (χ4n) is 4.12. The van der Waals surface area contributed by atoms with Crippen LogP contribution in [0, 0.1) is 5.41 Å². The van der Waals surface area contributed by atoms with Crippen molar-refractivity contribution in [1.82, 2.24) is 5.32 Å². The molecular weight excluding hydrogens is 238 g/mol. The molecule has 0 aromatic heterocycles. The summed E-state index contributed by atoms with van der Waals surface area (Å²) in [5.41, 5.74) is 0.491. The summed E-state index contributed by atoms with van der Waals surface area (Å²) in [5.74, 6) is 0. The van der Waals surface area contributed by atoms with Gasteiger partial charge in [-0.05, 0) is 31.1 Å². The lowest BCUT2D eigenvalue weighted by Crippen LogP contribution is -2.54. The van der Waals surface area contributed by atoms with Crippen LogP contribution in [-0.2, 0) is 9.47 Å². The third kappa shape index (κ3) is 2.98. The van der Waals surface area contributed by atoms with Crippen LogP contribution in [0.4, 0.5) is 0 Å². The number of ether oxygens (including phenoxy) is 2. The minimum Gasteiger partial charge on any atom is -0.378 e. The number of nitrogens with one attached hydrogen (secondary N) is 1. The molecule has 19 heavy (non-hydrogen) atoms. The van der Waals surface area contributed by atoms with Gasteiger partial charge in [0.25, 0.3) is 0 Å². The molecule has 3 aliphatic rings. The summed E-state index contributed by atoms with van der Waals surface area (Å²) in [7, 11) is 0. The van der Waals surface area contributed by atoms with Crippen LogP contribution in [0.3, 0.4) is 0 Å². The molecule has 0 radical (unpaired) electrons. The van der Waals surface area contributed by atoms with E-state index in [0.29, 0.717) is 17.5 Å². The first-order valence-corrected chi connectivity index (χ1v) is 8.08. The second-order valence-electron chi connectivity index (χ2n) is 7.48. The molecule has 0 aromatic carbocycles. The van der Waals surface area contributed by atoms with Gasteiger partial charge in [-0.25, -0.2) is 0 Å². The molecule has 3 atom stereocenters. The van der Waals surface area contributed by atoms with Crippen LogP contribution in [0.5, 0.6) is 0 Å². The minimum atomic E-state index is 0.0364. The summed E-state index contributed by atoms with van der Waals surface area (Å²) in [5, 5.41) is 3.96. The predicted molar refractivity (Wildman–Crippen MR) is 76.3 cm³/mol. The molecule has 3 nitrogen and oxygen atoms in total. The SMILES string of the molecule is CC1(C)CCCCC1NC1CCOC2(CCOC2)C1. The average Bonchev–Trinajstić information content (AvgIpc) is 2.80. The van der Waals surface area contributed by atoms with Crippen molar-refractivity contribution in [2.45, 2.75) is 76.5 Å². The third-order valence-electron chi connectivity index (χ3n) is 5.50. The zero-order valence-corrected chi connectivity index (χ0v) is 12.5. The molecule has 0 bridgehead atoms. The summed E-state index contributed by atoms with van der Waals surface area (Å²) in [6.07, 6.45) is 8.87. The van der Waals surface area contributed by atoms with Gasteiger partial charge in [0.1, 0.15) is 0 Å². The molecule has 2 saturated heterocycles. The maximum Gasteiger partial charge on any atom is 0.0951 e. The molecular formula is C16H29NO2. The van der Waals surface area contributed by atoms with Crippen LogP contribution in [0.1, 0.15) is 58.8 Å².